The van der Waals surface area contributed by atoms with Crippen LogP contribution < -0.4 is 15.4 Å². The molecule has 0 spiro atoms. The van der Waals surface area contributed by atoms with E-state index in [9.17, 15) is 14.9 Å². The highest BCUT2D eigenvalue weighted by atomic mass is 16.6. The third-order valence-electron chi connectivity index (χ3n) is 4.85. The summed E-state index contributed by atoms with van der Waals surface area (Å²) in [6, 6.07) is 11.6. The van der Waals surface area contributed by atoms with Crippen LogP contribution in [0, 0.1) is 30.9 Å². The second kappa shape index (κ2) is 8.64. The van der Waals surface area contributed by atoms with Crippen molar-refractivity contribution >= 4 is 23.1 Å². The molecular weight excluding hydrogens is 386 g/mol. The van der Waals surface area contributed by atoms with Crippen LogP contribution in [0.15, 0.2) is 42.5 Å². The molecule has 0 fully saturated rings. The second-order valence-electron chi connectivity index (χ2n) is 6.85. The van der Waals surface area contributed by atoms with Gasteiger partial charge in [-0.05, 0) is 38.0 Å². The molecule has 0 aliphatic rings. The van der Waals surface area contributed by atoms with Crippen LogP contribution in [0.2, 0.25) is 0 Å². The average molecular weight is 409 g/mol. The van der Waals surface area contributed by atoms with Gasteiger partial charge in [-0.2, -0.15) is 5.10 Å². The number of ether oxygens (including phenoxy) is 1. The zero-order valence-electron chi connectivity index (χ0n) is 17.2. The lowest BCUT2D eigenvalue weighted by molar-refractivity contribution is -0.384. The first kappa shape index (κ1) is 20.8. The minimum atomic E-state index is -0.526. The number of aromatic nitrogens is 2. The number of nitrogens with one attached hydrogen (secondary N) is 2. The summed E-state index contributed by atoms with van der Waals surface area (Å²) in [6.07, 6.45) is 0. The number of rotatable bonds is 6. The quantitative estimate of drug-likeness (QED) is 0.462. The largest absolute Gasteiger partial charge is 0.494 e. The standard InChI is InChI=1S/C21H23N5O4/c1-13-7-5-6-8-16(13)12-25-15(3)20(14(2)24-25)23-21(27)22-18-10-9-17(26(28)29)11-19(18)30-4/h5-11H,12H2,1-4H3,(H2,22,23,27). The Morgan fingerprint density at radius 1 is 1.17 bits per heavy atom. The monoisotopic (exact) mass is 409 g/mol. The number of nitrogens with zero attached hydrogens (tertiary/aromatic N) is 3. The summed E-state index contributed by atoms with van der Waals surface area (Å²) in [6.45, 7) is 6.35. The molecule has 156 valence electrons. The Kier molecular flexibility index (Phi) is 6.01. The Bertz CT molecular complexity index is 1110. The number of aryl methyl sites for hydroxylation is 2. The van der Waals surface area contributed by atoms with E-state index in [-0.39, 0.29) is 11.4 Å². The summed E-state index contributed by atoms with van der Waals surface area (Å²) < 4.78 is 7.00. The van der Waals surface area contributed by atoms with Crippen molar-refractivity contribution in [2.45, 2.75) is 27.3 Å². The van der Waals surface area contributed by atoms with Crippen molar-refractivity contribution in [2.24, 2.45) is 0 Å². The van der Waals surface area contributed by atoms with Gasteiger partial charge in [0.1, 0.15) is 5.75 Å². The van der Waals surface area contributed by atoms with E-state index in [1.807, 2.05) is 49.7 Å². The van der Waals surface area contributed by atoms with Gasteiger partial charge in [0.2, 0.25) is 0 Å². The van der Waals surface area contributed by atoms with E-state index in [2.05, 4.69) is 15.7 Å². The Hall–Kier alpha value is -3.88. The smallest absolute Gasteiger partial charge is 0.323 e. The number of nitro benzene ring substituents is 1. The first-order valence-electron chi connectivity index (χ1n) is 9.29. The van der Waals surface area contributed by atoms with Crippen molar-refractivity contribution in [1.29, 1.82) is 0 Å². The zero-order chi connectivity index (χ0) is 21.8. The number of benzene rings is 2. The van der Waals surface area contributed by atoms with Crippen molar-refractivity contribution < 1.29 is 14.5 Å². The van der Waals surface area contributed by atoms with E-state index in [4.69, 9.17) is 4.74 Å². The molecule has 9 heteroatoms. The minimum Gasteiger partial charge on any atom is -0.494 e. The van der Waals surface area contributed by atoms with Gasteiger partial charge < -0.3 is 15.4 Å². The molecule has 3 aromatic rings. The van der Waals surface area contributed by atoms with Gasteiger partial charge in [-0.25, -0.2) is 4.79 Å². The van der Waals surface area contributed by atoms with E-state index in [1.165, 1.54) is 30.9 Å². The van der Waals surface area contributed by atoms with Gasteiger partial charge in [0.05, 0.1) is 47.4 Å². The molecule has 0 aliphatic heterocycles. The summed E-state index contributed by atoms with van der Waals surface area (Å²) in [5.74, 6) is 0.197. The summed E-state index contributed by atoms with van der Waals surface area (Å²) in [4.78, 5) is 22.9. The molecule has 2 N–H and O–H groups in total. The SMILES string of the molecule is COc1cc([N+](=O)[O-])ccc1NC(=O)Nc1c(C)nn(Cc2ccccc2C)c1C. The van der Waals surface area contributed by atoms with Crippen molar-refractivity contribution in [2.75, 3.05) is 17.7 Å². The third-order valence-corrected chi connectivity index (χ3v) is 4.85. The van der Waals surface area contributed by atoms with Crippen LogP contribution in [0.5, 0.6) is 5.75 Å². The van der Waals surface area contributed by atoms with Gasteiger partial charge in [-0.3, -0.25) is 14.8 Å². The van der Waals surface area contributed by atoms with E-state index in [0.29, 0.717) is 23.6 Å². The number of hydrogen-bond donors (Lipinski definition) is 2. The molecule has 9 nitrogen and oxygen atoms in total. The first-order valence-corrected chi connectivity index (χ1v) is 9.29. The maximum absolute atomic E-state index is 12.5. The fourth-order valence-corrected chi connectivity index (χ4v) is 3.14. The molecule has 0 saturated carbocycles. The molecular formula is C21H23N5O4. The van der Waals surface area contributed by atoms with Crippen LogP contribution in [0.3, 0.4) is 0 Å². The van der Waals surface area contributed by atoms with E-state index in [1.54, 1.807) is 0 Å². The van der Waals surface area contributed by atoms with Crippen LogP contribution in [-0.2, 0) is 6.54 Å². The molecule has 0 atom stereocenters. The Morgan fingerprint density at radius 3 is 2.57 bits per heavy atom. The minimum absolute atomic E-state index is 0.123. The van der Waals surface area contributed by atoms with Gasteiger partial charge in [0.25, 0.3) is 5.69 Å². The number of urea groups is 1. The van der Waals surface area contributed by atoms with Gasteiger partial charge in [-0.15, -0.1) is 0 Å². The zero-order valence-corrected chi connectivity index (χ0v) is 17.2. The molecule has 1 heterocycles. The Balaban J connectivity index is 1.77. The summed E-state index contributed by atoms with van der Waals surface area (Å²) in [7, 11) is 1.38. The lowest BCUT2D eigenvalue weighted by Crippen LogP contribution is -2.20. The van der Waals surface area contributed by atoms with Crippen LogP contribution >= 0.6 is 0 Å². The number of amides is 2. The predicted octanol–water partition coefficient (Wildman–Crippen LogP) is 4.42. The first-order chi connectivity index (χ1) is 14.3. The Labute approximate surface area is 173 Å². The molecule has 0 radical (unpaired) electrons. The lowest BCUT2D eigenvalue weighted by Gasteiger charge is -2.12. The number of carbonyl (C=O) groups is 1. The highest BCUT2D eigenvalue weighted by Crippen LogP contribution is 2.29. The maximum Gasteiger partial charge on any atom is 0.323 e. The van der Waals surface area contributed by atoms with Gasteiger partial charge in [0.15, 0.2) is 0 Å². The molecule has 0 unspecified atom stereocenters. The normalized spacial score (nSPS) is 10.5. The molecule has 2 amide bonds. The second-order valence-corrected chi connectivity index (χ2v) is 6.85. The van der Waals surface area contributed by atoms with Crippen LogP contribution in [0.1, 0.15) is 22.5 Å². The highest BCUT2D eigenvalue weighted by molar-refractivity contribution is 6.01. The molecule has 0 aliphatic carbocycles. The van der Waals surface area contributed by atoms with Crippen LogP contribution in [0.25, 0.3) is 0 Å². The topological polar surface area (TPSA) is 111 Å². The summed E-state index contributed by atoms with van der Waals surface area (Å²) >= 11 is 0. The highest BCUT2D eigenvalue weighted by Gasteiger charge is 2.17. The number of non-ortho nitro benzene ring substituents is 1. The van der Waals surface area contributed by atoms with Crippen molar-refractivity contribution in [1.82, 2.24) is 9.78 Å². The van der Waals surface area contributed by atoms with Crippen LogP contribution in [-0.4, -0.2) is 27.8 Å². The fourth-order valence-electron chi connectivity index (χ4n) is 3.14. The van der Waals surface area contributed by atoms with Crippen molar-refractivity contribution in [3.63, 3.8) is 0 Å². The molecule has 3 rings (SSSR count). The van der Waals surface area contributed by atoms with Crippen LogP contribution in [0.4, 0.5) is 21.9 Å². The Morgan fingerprint density at radius 2 is 1.90 bits per heavy atom. The number of anilines is 2. The molecule has 2 aromatic carbocycles. The molecule has 0 bridgehead atoms. The number of carbonyl (C=O) groups excluding carboxylic acids is 1. The van der Waals surface area contributed by atoms with Gasteiger partial charge in [-0.1, -0.05) is 24.3 Å². The van der Waals surface area contributed by atoms with E-state index >= 15 is 0 Å². The van der Waals surface area contributed by atoms with Gasteiger partial charge in [0, 0.05) is 6.07 Å². The molecule has 1 aromatic heterocycles. The summed E-state index contributed by atoms with van der Waals surface area (Å²) in [5.41, 5.74) is 4.64. The van der Waals surface area contributed by atoms with Crippen molar-refractivity contribution in [3.05, 3.63) is 75.1 Å². The van der Waals surface area contributed by atoms with Crippen molar-refractivity contribution in [3.8, 4) is 5.75 Å². The van der Waals surface area contributed by atoms with Gasteiger partial charge >= 0.3 is 6.03 Å². The molecule has 0 saturated heterocycles. The summed E-state index contributed by atoms with van der Waals surface area (Å²) in [5, 5.41) is 20.9. The average Bonchev–Trinajstić information content (AvgIpc) is 2.97. The maximum atomic E-state index is 12.5. The third kappa shape index (κ3) is 4.40. The molecule has 30 heavy (non-hydrogen) atoms. The number of methoxy groups -OCH3 is 1. The van der Waals surface area contributed by atoms with E-state index in [0.717, 1.165) is 11.3 Å². The number of hydrogen-bond acceptors (Lipinski definition) is 5. The predicted molar refractivity (Wildman–Crippen MR) is 114 cm³/mol. The lowest BCUT2D eigenvalue weighted by atomic mass is 10.1. The number of nitro groups is 1. The fraction of sp³-hybridized carbons (Fsp3) is 0.238. The van der Waals surface area contributed by atoms with E-state index < -0.39 is 11.0 Å².